The number of hydrogen-bond donors (Lipinski definition) is 1. The van der Waals surface area contributed by atoms with Gasteiger partial charge in [0.2, 0.25) is 5.91 Å². The van der Waals surface area contributed by atoms with Gasteiger partial charge in [-0.2, -0.15) is 11.8 Å². The summed E-state index contributed by atoms with van der Waals surface area (Å²) in [6.07, 6.45) is 1.03. The molecule has 1 N–H and O–H groups in total. The summed E-state index contributed by atoms with van der Waals surface area (Å²) in [5.74, 6) is 2.32. The number of amides is 1. The van der Waals surface area contributed by atoms with Gasteiger partial charge in [-0.25, -0.2) is 0 Å². The van der Waals surface area contributed by atoms with Gasteiger partial charge in [-0.3, -0.25) is 4.79 Å². The monoisotopic (exact) mass is 230 g/mol. The average Bonchev–Trinajstić information content (AvgIpc) is 2.26. The molecule has 1 aliphatic heterocycles. The largest absolute Gasteiger partial charge is 0.339 e. The summed E-state index contributed by atoms with van der Waals surface area (Å²) in [5, 5.41) is 3.30. The fraction of sp³-hybridized carbons (Fsp3) is 0.909. The van der Waals surface area contributed by atoms with Crippen LogP contribution in [0.2, 0.25) is 0 Å². The van der Waals surface area contributed by atoms with Gasteiger partial charge in [0.15, 0.2) is 0 Å². The molecule has 1 saturated heterocycles. The minimum atomic E-state index is 0.0395. The molecule has 3 nitrogen and oxygen atoms in total. The Balaban J connectivity index is 2.53. The van der Waals surface area contributed by atoms with Crippen molar-refractivity contribution >= 4 is 17.7 Å². The molecule has 0 aliphatic carbocycles. The van der Waals surface area contributed by atoms with E-state index in [-0.39, 0.29) is 11.9 Å². The van der Waals surface area contributed by atoms with Crippen LogP contribution in [0.25, 0.3) is 0 Å². The van der Waals surface area contributed by atoms with Crippen molar-refractivity contribution in [2.75, 3.05) is 24.6 Å². The zero-order chi connectivity index (χ0) is 11.3. The van der Waals surface area contributed by atoms with E-state index in [0.717, 1.165) is 31.0 Å². The summed E-state index contributed by atoms with van der Waals surface area (Å²) < 4.78 is 0. The van der Waals surface area contributed by atoms with E-state index in [1.165, 1.54) is 0 Å². The van der Waals surface area contributed by atoms with Crippen molar-refractivity contribution in [3.8, 4) is 0 Å². The fourth-order valence-corrected chi connectivity index (χ4v) is 2.71. The quantitative estimate of drug-likeness (QED) is 0.791. The third-order valence-corrected chi connectivity index (χ3v) is 3.65. The summed E-state index contributed by atoms with van der Waals surface area (Å²) in [5.41, 5.74) is 0. The standard InChI is InChI=1S/C11H22N2OS/c1-4-6-13(9(2)3)11(14)10-8-15-7-5-12-10/h9-10,12H,4-8H2,1-3H3. The van der Waals surface area contributed by atoms with E-state index in [1.807, 2.05) is 16.7 Å². The molecular formula is C11H22N2OS. The minimum absolute atomic E-state index is 0.0395. The van der Waals surface area contributed by atoms with Crippen LogP contribution in [-0.2, 0) is 4.79 Å². The molecule has 88 valence electrons. The summed E-state index contributed by atoms with van der Waals surface area (Å²) >= 11 is 1.87. The van der Waals surface area contributed by atoms with Crippen LogP contribution >= 0.6 is 11.8 Å². The van der Waals surface area contributed by atoms with Crippen LogP contribution in [-0.4, -0.2) is 47.5 Å². The summed E-state index contributed by atoms with van der Waals surface area (Å²) in [6, 6.07) is 0.351. The number of hydrogen-bond acceptors (Lipinski definition) is 3. The molecule has 0 radical (unpaired) electrons. The highest BCUT2D eigenvalue weighted by molar-refractivity contribution is 7.99. The van der Waals surface area contributed by atoms with Crippen molar-refractivity contribution in [1.82, 2.24) is 10.2 Å². The van der Waals surface area contributed by atoms with Gasteiger partial charge >= 0.3 is 0 Å². The second-order valence-corrected chi connectivity index (χ2v) is 5.36. The van der Waals surface area contributed by atoms with Gasteiger partial charge in [0.05, 0.1) is 6.04 Å². The number of carbonyl (C=O) groups excluding carboxylic acids is 1. The van der Waals surface area contributed by atoms with E-state index in [0.29, 0.717) is 6.04 Å². The van der Waals surface area contributed by atoms with Crippen molar-refractivity contribution in [2.45, 2.75) is 39.3 Å². The summed E-state index contributed by atoms with van der Waals surface area (Å²) in [7, 11) is 0. The maximum absolute atomic E-state index is 12.2. The summed E-state index contributed by atoms with van der Waals surface area (Å²) in [4.78, 5) is 14.2. The fourth-order valence-electron chi connectivity index (χ4n) is 1.79. The van der Waals surface area contributed by atoms with Gasteiger partial charge in [-0.1, -0.05) is 6.92 Å². The van der Waals surface area contributed by atoms with Crippen molar-refractivity contribution in [2.24, 2.45) is 0 Å². The van der Waals surface area contributed by atoms with Crippen LogP contribution in [0, 0.1) is 0 Å². The van der Waals surface area contributed by atoms with E-state index >= 15 is 0 Å². The second-order valence-electron chi connectivity index (χ2n) is 4.21. The molecule has 1 fully saturated rings. The molecule has 0 aromatic heterocycles. The Bertz CT molecular complexity index is 203. The molecule has 0 aromatic rings. The highest BCUT2D eigenvalue weighted by Gasteiger charge is 2.26. The predicted molar refractivity (Wildman–Crippen MR) is 66.3 cm³/mol. The molecular weight excluding hydrogens is 208 g/mol. The number of nitrogens with one attached hydrogen (secondary N) is 1. The topological polar surface area (TPSA) is 32.3 Å². The molecule has 1 heterocycles. The zero-order valence-corrected chi connectivity index (χ0v) is 10.8. The lowest BCUT2D eigenvalue weighted by atomic mass is 10.2. The number of carbonyl (C=O) groups is 1. The third kappa shape index (κ3) is 3.68. The molecule has 1 amide bonds. The van der Waals surface area contributed by atoms with Gasteiger partial charge < -0.3 is 10.2 Å². The molecule has 0 bridgehead atoms. The first-order valence-electron chi connectivity index (χ1n) is 5.78. The van der Waals surface area contributed by atoms with E-state index in [1.54, 1.807) is 0 Å². The molecule has 1 atom stereocenters. The lowest BCUT2D eigenvalue weighted by Gasteiger charge is -2.32. The SMILES string of the molecule is CCCN(C(=O)C1CSCCN1)C(C)C. The van der Waals surface area contributed by atoms with Crippen LogP contribution in [0.4, 0.5) is 0 Å². The third-order valence-electron chi connectivity index (χ3n) is 2.59. The Labute approximate surface area is 97.0 Å². The van der Waals surface area contributed by atoms with Crippen molar-refractivity contribution in [3.05, 3.63) is 0 Å². The van der Waals surface area contributed by atoms with Gasteiger partial charge in [0, 0.05) is 30.6 Å². The Morgan fingerprint density at radius 1 is 1.60 bits per heavy atom. The first kappa shape index (κ1) is 12.8. The minimum Gasteiger partial charge on any atom is -0.339 e. The van der Waals surface area contributed by atoms with Gasteiger partial charge in [-0.05, 0) is 20.3 Å². The average molecular weight is 230 g/mol. The lowest BCUT2D eigenvalue weighted by Crippen LogP contribution is -2.52. The van der Waals surface area contributed by atoms with Crippen LogP contribution in [0.1, 0.15) is 27.2 Å². The first-order valence-corrected chi connectivity index (χ1v) is 6.94. The van der Waals surface area contributed by atoms with Gasteiger partial charge in [0.25, 0.3) is 0 Å². The highest BCUT2D eigenvalue weighted by Crippen LogP contribution is 2.12. The number of thioether (sulfide) groups is 1. The van der Waals surface area contributed by atoms with Crippen LogP contribution in [0.5, 0.6) is 0 Å². The predicted octanol–water partition coefficient (Wildman–Crippen LogP) is 1.34. The molecule has 1 aliphatic rings. The molecule has 15 heavy (non-hydrogen) atoms. The Hall–Kier alpha value is -0.220. The van der Waals surface area contributed by atoms with Crippen LogP contribution in [0.15, 0.2) is 0 Å². The zero-order valence-electron chi connectivity index (χ0n) is 9.95. The Morgan fingerprint density at radius 3 is 2.80 bits per heavy atom. The number of rotatable bonds is 4. The maximum Gasteiger partial charge on any atom is 0.240 e. The maximum atomic E-state index is 12.2. The second kappa shape index (κ2) is 6.38. The highest BCUT2D eigenvalue weighted by atomic mass is 32.2. The Kier molecular flexibility index (Phi) is 5.47. The molecule has 0 aromatic carbocycles. The van der Waals surface area contributed by atoms with Crippen molar-refractivity contribution < 1.29 is 4.79 Å². The smallest absolute Gasteiger partial charge is 0.240 e. The van der Waals surface area contributed by atoms with Crippen molar-refractivity contribution in [3.63, 3.8) is 0 Å². The Morgan fingerprint density at radius 2 is 2.33 bits per heavy atom. The molecule has 1 rings (SSSR count). The van der Waals surface area contributed by atoms with Crippen molar-refractivity contribution in [1.29, 1.82) is 0 Å². The van der Waals surface area contributed by atoms with E-state index in [2.05, 4.69) is 26.1 Å². The molecule has 0 saturated carbocycles. The molecule has 1 unspecified atom stereocenters. The molecule has 4 heteroatoms. The van der Waals surface area contributed by atoms with Crippen LogP contribution in [0.3, 0.4) is 0 Å². The normalized spacial score (nSPS) is 21.7. The number of nitrogens with zero attached hydrogens (tertiary/aromatic N) is 1. The van der Waals surface area contributed by atoms with Gasteiger partial charge in [0.1, 0.15) is 0 Å². The molecule has 0 spiro atoms. The van der Waals surface area contributed by atoms with Crippen LogP contribution < -0.4 is 5.32 Å². The van der Waals surface area contributed by atoms with E-state index in [4.69, 9.17) is 0 Å². The first-order chi connectivity index (χ1) is 7.16. The van der Waals surface area contributed by atoms with E-state index < -0.39 is 0 Å². The van der Waals surface area contributed by atoms with Gasteiger partial charge in [-0.15, -0.1) is 0 Å². The summed E-state index contributed by atoms with van der Waals surface area (Å²) in [6.45, 7) is 8.12. The van der Waals surface area contributed by atoms with E-state index in [9.17, 15) is 4.79 Å². The lowest BCUT2D eigenvalue weighted by molar-refractivity contribution is -0.134.